The molecule has 0 spiro atoms. The van der Waals surface area contributed by atoms with Crippen LogP contribution in [-0.2, 0) is 13.6 Å². The number of rotatable bonds is 6. The van der Waals surface area contributed by atoms with Crippen LogP contribution in [0, 0.1) is 10.1 Å². The molecule has 8 nitrogen and oxygen atoms in total. The number of ketones is 1. The summed E-state index contributed by atoms with van der Waals surface area (Å²) in [5.74, 6) is 0.844. The van der Waals surface area contributed by atoms with Crippen LogP contribution in [0.15, 0.2) is 54.7 Å². The van der Waals surface area contributed by atoms with E-state index < -0.39 is 4.92 Å². The van der Waals surface area contributed by atoms with Crippen LogP contribution in [0.5, 0.6) is 5.75 Å². The summed E-state index contributed by atoms with van der Waals surface area (Å²) in [6, 6.07) is 13.2. The van der Waals surface area contributed by atoms with Gasteiger partial charge in [-0.05, 0) is 12.1 Å². The van der Waals surface area contributed by atoms with Crippen LogP contribution in [0.4, 0.5) is 11.6 Å². The lowest BCUT2D eigenvalue weighted by atomic mass is 10.1. The number of nitro groups is 1. The van der Waals surface area contributed by atoms with Gasteiger partial charge in [0, 0.05) is 23.3 Å². The second kappa shape index (κ2) is 8.66. The third-order valence-electron chi connectivity index (χ3n) is 4.34. The summed E-state index contributed by atoms with van der Waals surface area (Å²) >= 11 is 0. The number of nitrogens with two attached hydrogens (primary N) is 1. The van der Waals surface area contributed by atoms with Gasteiger partial charge in [0.15, 0.2) is 5.78 Å². The van der Waals surface area contributed by atoms with Gasteiger partial charge in [0.2, 0.25) is 0 Å². The molecule has 0 saturated carbocycles. The van der Waals surface area contributed by atoms with Gasteiger partial charge < -0.3 is 21.7 Å². The van der Waals surface area contributed by atoms with Gasteiger partial charge in [0.25, 0.3) is 5.69 Å². The van der Waals surface area contributed by atoms with E-state index in [1.807, 2.05) is 24.3 Å². The fraction of sp³-hybridized carbons (Fsp3) is 0.158. The second-order valence-corrected chi connectivity index (χ2v) is 6.02. The molecule has 1 heterocycles. The highest BCUT2D eigenvalue weighted by Crippen LogP contribution is 2.24. The SMILES string of the molecule is COc1cccc(-c2c[n+](CC(=O)c3cccc([N+](=O)[O-])c3)c(N)n2C)c1.[Br-]. The first-order valence-corrected chi connectivity index (χ1v) is 8.17. The number of nitro benzene ring substituents is 1. The first kappa shape index (κ1) is 21.1. The molecule has 0 bridgehead atoms. The Hall–Kier alpha value is -3.20. The average Bonchev–Trinajstić information content (AvgIpc) is 2.96. The van der Waals surface area contributed by atoms with E-state index in [0.29, 0.717) is 11.7 Å². The van der Waals surface area contributed by atoms with Gasteiger partial charge in [-0.3, -0.25) is 20.6 Å². The number of hydrogen-bond acceptors (Lipinski definition) is 5. The fourth-order valence-corrected chi connectivity index (χ4v) is 2.83. The van der Waals surface area contributed by atoms with E-state index in [2.05, 4.69) is 0 Å². The van der Waals surface area contributed by atoms with Crippen LogP contribution < -0.4 is 32.0 Å². The Bertz CT molecular complexity index is 1030. The van der Waals surface area contributed by atoms with Gasteiger partial charge >= 0.3 is 5.95 Å². The lowest BCUT2D eigenvalue weighted by molar-refractivity contribution is -0.667. The summed E-state index contributed by atoms with van der Waals surface area (Å²) in [7, 11) is 3.40. The summed E-state index contributed by atoms with van der Waals surface area (Å²) in [6.07, 6.45) is 1.78. The largest absolute Gasteiger partial charge is 1.00 e. The normalized spacial score (nSPS) is 10.2. The molecule has 2 aromatic carbocycles. The summed E-state index contributed by atoms with van der Waals surface area (Å²) in [5, 5.41) is 10.9. The topological polar surface area (TPSA) is 104 Å². The van der Waals surface area contributed by atoms with Crippen molar-refractivity contribution in [3.8, 4) is 17.0 Å². The van der Waals surface area contributed by atoms with Crippen molar-refractivity contribution in [3.63, 3.8) is 0 Å². The maximum Gasteiger partial charge on any atom is 0.355 e. The van der Waals surface area contributed by atoms with Gasteiger partial charge in [0.1, 0.15) is 24.2 Å². The number of benzene rings is 2. The number of methoxy groups -OCH3 is 1. The first-order chi connectivity index (χ1) is 12.9. The Morgan fingerprint density at radius 3 is 2.64 bits per heavy atom. The highest BCUT2D eigenvalue weighted by atomic mass is 79.9. The van der Waals surface area contributed by atoms with Crippen LogP contribution in [-0.4, -0.2) is 22.4 Å². The van der Waals surface area contributed by atoms with Gasteiger partial charge in [-0.15, -0.1) is 0 Å². The molecular weight excluding hydrogens is 428 g/mol. The van der Waals surface area contributed by atoms with Crippen molar-refractivity contribution < 1.29 is 36.0 Å². The zero-order chi connectivity index (χ0) is 19.6. The number of carbonyl (C=O) groups is 1. The van der Waals surface area contributed by atoms with E-state index in [9.17, 15) is 14.9 Å². The average molecular weight is 447 g/mol. The van der Waals surface area contributed by atoms with Crippen LogP contribution in [0.2, 0.25) is 0 Å². The maximum absolute atomic E-state index is 12.6. The molecule has 0 saturated heterocycles. The number of ether oxygens (including phenoxy) is 1. The van der Waals surface area contributed by atoms with Crippen molar-refractivity contribution in [1.82, 2.24) is 4.57 Å². The summed E-state index contributed by atoms with van der Waals surface area (Å²) in [6.45, 7) is -0.0230. The monoisotopic (exact) mass is 446 g/mol. The highest BCUT2D eigenvalue weighted by molar-refractivity contribution is 5.95. The zero-order valence-electron chi connectivity index (χ0n) is 15.3. The van der Waals surface area contributed by atoms with Crippen molar-refractivity contribution in [2.75, 3.05) is 12.8 Å². The molecule has 28 heavy (non-hydrogen) atoms. The van der Waals surface area contributed by atoms with Crippen molar-refractivity contribution >= 4 is 17.4 Å². The van der Waals surface area contributed by atoms with Gasteiger partial charge in [-0.1, -0.05) is 24.3 Å². The van der Waals surface area contributed by atoms with E-state index in [0.717, 1.165) is 11.3 Å². The molecule has 0 radical (unpaired) electrons. The van der Waals surface area contributed by atoms with Crippen LogP contribution in [0.25, 0.3) is 11.3 Å². The lowest BCUT2D eigenvalue weighted by Crippen LogP contribution is -3.00. The number of halogens is 1. The molecule has 0 fully saturated rings. The van der Waals surface area contributed by atoms with Gasteiger partial charge in [-0.25, -0.2) is 9.13 Å². The Kier molecular flexibility index (Phi) is 6.53. The molecule has 0 unspecified atom stereocenters. The number of anilines is 1. The molecule has 0 aliphatic heterocycles. The summed E-state index contributed by atoms with van der Waals surface area (Å²) in [5.41, 5.74) is 8.01. The number of imidazole rings is 1. The smallest absolute Gasteiger partial charge is 0.355 e. The van der Waals surface area contributed by atoms with E-state index in [-0.39, 0.29) is 40.6 Å². The fourth-order valence-electron chi connectivity index (χ4n) is 2.83. The number of hydrogen-bond donors (Lipinski definition) is 1. The second-order valence-electron chi connectivity index (χ2n) is 6.02. The van der Waals surface area contributed by atoms with E-state index in [1.54, 1.807) is 35.6 Å². The van der Waals surface area contributed by atoms with Crippen LogP contribution >= 0.6 is 0 Å². The number of Topliss-reactive ketones (excluding diaryl/α,β-unsaturated/α-hetero) is 1. The number of carbonyl (C=O) groups excluding carboxylic acids is 1. The molecule has 0 amide bonds. The Balaban J connectivity index is 0.00000280. The maximum atomic E-state index is 12.6. The zero-order valence-corrected chi connectivity index (χ0v) is 16.9. The van der Waals surface area contributed by atoms with Crippen molar-refractivity contribution in [2.24, 2.45) is 7.05 Å². The minimum absolute atomic E-state index is 0. The summed E-state index contributed by atoms with van der Waals surface area (Å²) in [4.78, 5) is 22.9. The highest BCUT2D eigenvalue weighted by Gasteiger charge is 2.21. The molecule has 0 aliphatic rings. The Morgan fingerprint density at radius 1 is 1.25 bits per heavy atom. The lowest BCUT2D eigenvalue weighted by Gasteiger charge is -2.02. The minimum atomic E-state index is -0.526. The third kappa shape index (κ3) is 4.20. The van der Waals surface area contributed by atoms with Gasteiger partial charge in [-0.2, -0.15) is 0 Å². The van der Waals surface area contributed by atoms with Crippen LogP contribution in [0.1, 0.15) is 10.4 Å². The molecule has 3 aromatic rings. The number of non-ortho nitro benzene ring substituents is 1. The van der Waals surface area contributed by atoms with Crippen molar-refractivity contribution in [3.05, 3.63) is 70.4 Å². The number of nitrogen functional groups attached to an aromatic ring is 1. The standard InChI is InChI=1S/C19H18N4O4.BrH/c1-21-17(13-5-4-8-16(10-13)27-2)11-22(19(21)20)12-18(24)14-6-3-7-15(9-14)23(25)26;/h3-11,20H,12H2,1-2H3;1H. The molecule has 9 heteroatoms. The number of aromatic nitrogens is 2. The first-order valence-electron chi connectivity index (χ1n) is 8.17. The minimum Gasteiger partial charge on any atom is -1.00 e. The predicted molar refractivity (Wildman–Crippen MR) is 99.4 cm³/mol. The van der Waals surface area contributed by atoms with E-state index in [4.69, 9.17) is 10.5 Å². The Morgan fingerprint density at radius 2 is 1.96 bits per heavy atom. The molecular formula is C19H19BrN4O4. The molecule has 0 aliphatic carbocycles. The Labute approximate surface area is 172 Å². The van der Waals surface area contributed by atoms with Gasteiger partial charge in [0.05, 0.1) is 19.1 Å². The molecule has 146 valence electrons. The molecule has 1 aromatic heterocycles. The van der Waals surface area contributed by atoms with Crippen molar-refractivity contribution in [2.45, 2.75) is 6.54 Å². The molecule has 3 rings (SSSR count). The van der Waals surface area contributed by atoms with E-state index in [1.165, 1.54) is 18.2 Å². The quantitative estimate of drug-likeness (QED) is 0.235. The van der Waals surface area contributed by atoms with Crippen LogP contribution in [0.3, 0.4) is 0 Å². The van der Waals surface area contributed by atoms with Crippen molar-refractivity contribution in [1.29, 1.82) is 0 Å². The summed E-state index contributed by atoms with van der Waals surface area (Å²) < 4.78 is 8.64. The predicted octanol–water partition coefficient (Wildman–Crippen LogP) is -0.634. The third-order valence-corrected chi connectivity index (χ3v) is 4.34. The molecule has 2 N–H and O–H groups in total. The molecule has 0 atom stereocenters. The van der Waals surface area contributed by atoms with E-state index >= 15 is 0 Å². The number of nitrogens with zero attached hydrogens (tertiary/aromatic N) is 3.